The van der Waals surface area contributed by atoms with E-state index in [0.717, 1.165) is 0 Å². The maximum Gasteiger partial charge on any atom is 3.00 e. The van der Waals surface area contributed by atoms with Crippen LogP contribution in [0.3, 0.4) is 0 Å². The standard InChI is InChI=1S/3C6H7NO2.4H2O.Yb/c3*1-4(8)6(3-7)5(2)9;;;;;/h3*8H,1-2H3;4*1H2;/q;;;;;;;+3/p-1/b3*6-4-;;;;;. The van der Waals surface area contributed by atoms with Crippen molar-refractivity contribution in [3.05, 3.63) is 34.0 Å². The van der Waals surface area contributed by atoms with E-state index in [1.54, 1.807) is 0 Å². The van der Waals surface area contributed by atoms with Crippen LogP contribution in [0.4, 0.5) is 0 Å². The minimum absolute atomic E-state index is 0. The Morgan fingerprint density at radius 2 is 0.656 bits per heavy atom. The van der Waals surface area contributed by atoms with Crippen molar-refractivity contribution in [1.82, 2.24) is 0 Å². The number of Topliss-reactive ketones (excluding diaryl/α,β-unsaturated/α-hetero) is 3. The van der Waals surface area contributed by atoms with E-state index in [9.17, 15) is 29.7 Å². The smallest absolute Gasteiger partial charge is 0.875 e. The first-order valence-corrected chi connectivity index (χ1v) is 7.15. The fraction of sp³-hybridized carbons (Fsp3) is 0.333. The van der Waals surface area contributed by atoms with Crippen LogP contribution in [0, 0.1) is 80.9 Å². The number of rotatable bonds is 3. The van der Waals surface area contributed by atoms with Gasteiger partial charge in [-0.15, -0.1) is 17.3 Å². The summed E-state index contributed by atoms with van der Waals surface area (Å²) in [5.74, 6) is -2.81. The zero-order valence-electron chi connectivity index (χ0n) is 18.2. The zero-order valence-corrected chi connectivity index (χ0v) is 19.9. The average molecular weight is 619 g/mol. The van der Waals surface area contributed by atoms with E-state index >= 15 is 0 Å². The van der Waals surface area contributed by atoms with Crippen LogP contribution < -0.4 is 15.3 Å². The van der Waals surface area contributed by atoms with Crippen molar-refractivity contribution in [2.45, 2.75) is 41.5 Å². The van der Waals surface area contributed by atoms with Gasteiger partial charge in [0.25, 0.3) is 0 Å². The first-order chi connectivity index (χ1) is 12.3. The number of carbonyl (C=O) groups is 3. The van der Waals surface area contributed by atoms with Gasteiger partial charge in [0.15, 0.2) is 17.3 Å². The summed E-state index contributed by atoms with van der Waals surface area (Å²) in [7, 11) is 0. The maximum absolute atomic E-state index is 10.3. The van der Waals surface area contributed by atoms with Crippen molar-refractivity contribution < 1.29 is 98.5 Å². The third-order valence-corrected chi connectivity index (χ3v) is 2.45. The van der Waals surface area contributed by atoms with Gasteiger partial charge in [-0.3, -0.25) is 14.4 Å². The molecule has 0 atom stereocenters. The van der Waals surface area contributed by atoms with Gasteiger partial charge in [0.2, 0.25) is 0 Å². The molecule has 0 saturated carbocycles. The zero-order chi connectivity index (χ0) is 22.3. The molecule has 0 fully saturated rings. The Morgan fingerprint density at radius 3 is 0.656 bits per heavy atom. The molecule has 13 nitrogen and oxygen atoms in total. The van der Waals surface area contributed by atoms with Gasteiger partial charge in [0.05, 0.1) is 16.7 Å². The molecule has 0 heterocycles. The van der Waals surface area contributed by atoms with E-state index in [2.05, 4.69) is 0 Å². The predicted molar refractivity (Wildman–Crippen MR) is 104 cm³/mol. The Kier molecular flexibility index (Phi) is 46.1. The Hall–Kier alpha value is -2.54. The van der Waals surface area contributed by atoms with Crippen LogP contribution in [0.15, 0.2) is 34.0 Å². The summed E-state index contributed by atoms with van der Waals surface area (Å²) in [6.07, 6.45) is 0. The molecule has 0 aliphatic heterocycles. The molecule has 0 unspecified atom stereocenters. The van der Waals surface area contributed by atoms with Gasteiger partial charge in [-0.05, 0) is 20.8 Å². The number of hydrogen-bond acceptors (Lipinski definition) is 9. The maximum atomic E-state index is 10.3. The second-order valence-corrected chi connectivity index (χ2v) is 4.80. The molecular formula is C18H28N3O10Yb+2. The van der Waals surface area contributed by atoms with Crippen LogP contribution in [0.25, 0.3) is 0 Å². The Morgan fingerprint density at radius 1 is 0.531 bits per heavy atom. The van der Waals surface area contributed by atoms with Crippen LogP contribution in [0.1, 0.15) is 41.5 Å². The predicted octanol–water partition coefficient (Wildman–Crippen LogP) is -4.29. The van der Waals surface area contributed by atoms with Crippen LogP contribution in [0.5, 0.6) is 0 Å². The summed E-state index contributed by atoms with van der Waals surface area (Å²) in [5.41, 5.74) is -0.847. The Labute approximate surface area is 224 Å². The molecule has 0 amide bonds. The van der Waals surface area contributed by atoms with Crippen molar-refractivity contribution in [2.24, 2.45) is 0 Å². The van der Waals surface area contributed by atoms with Gasteiger partial charge < -0.3 is 37.2 Å². The molecular weight excluding hydrogens is 591 g/mol. The van der Waals surface area contributed by atoms with E-state index in [1.807, 2.05) is 0 Å². The van der Waals surface area contributed by atoms with Crippen LogP contribution in [-0.2, 0) is 25.3 Å². The van der Waals surface area contributed by atoms with E-state index in [-0.39, 0.29) is 85.5 Å². The molecule has 0 aromatic heterocycles. The van der Waals surface area contributed by atoms with Gasteiger partial charge in [-0.25, -0.2) is 0 Å². The van der Waals surface area contributed by atoms with Gasteiger partial charge in [-0.2, -0.15) is 15.8 Å². The molecule has 0 aromatic rings. The Bertz CT molecular complexity index is 704. The second-order valence-electron chi connectivity index (χ2n) is 4.80. The van der Waals surface area contributed by atoms with E-state index in [1.165, 1.54) is 59.8 Å². The first-order valence-electron chi connectivity index (χ1n) is 7.15. The topological polar surface area (TPSA) is 321 Å². The molecule has 0 bridgehead atoms. The van der Waals surface area contributed by atoms with Gasteiger partial charge in [0.1, 0.15) is 18.2 Å². The second kappa shape index (κ2) is 28.5. The summed E-state index contributed by atoms with van der Waals surface area (Å²) in [4.78, 5) is 31.0. The summed E-state index contributed by atoms with van der Waals surface area (Å²) < 4.78 is 0. The molecule has 1 radical (unpaired) electrons. The number of nitrogens with zero attached hydrogens (tertiary/aromatic N) is 3. The summed E-state index contributed by atoms with van der Waals surface area (Å²) >= 11 is 0. The molecule has 0 spiro atoms. The van der Waals surface area contributed by atoms with E-state index < -0.39 is 34.6 Å². The molecule has 187 valence electrons. The quantitative estimate of drug-likeness (QED) is 0.127. The molecule has 10 N–H and O–H groups in total. The number of ketones is 3. The van der Waals surface area contributed by atoms with Crippen LogP contribution in [0.2, 0.25) is 0 Å². The molecule has 14 heteroatoms. The van der Waals surface area contributed by atoms with Gasteiger partial charge in [0, 0.05) is 0 Å². The molecule has 0 aromatic carbocycles. The SMILES string of the molecule is CC(=O)/C(C#N)=C(/C)[O-].CC(=O)/C(C#N)=C(/C)[O-].CC(=O)/C(C#N)=C(/C)[O-].O.O.[OH3+].[OH3+].[Yb+3]. The molecule has 0 rings (SSSR count). The summed E-state index contributed by atoms with van der Waals surface area (Å²) in [5, 5.41) is 55.4. The first kappa shape index (κ1) is 51.8. The fourth-order valence-corrected chi connectivity index (χ4v) is 1.22. The van der Waals surface area contributed by atoms with Crippen molar-refractivity contribution in [3.63, 3.8) is 0 Å². The van der Waals surface area contributed by atoms with Crippen LogP contribution >= 0.6 is 0 Å². The Balaban J connectivity index is -0.0000000417. The molecule has 0 aliphatic rings. The monoisotopic (exact) mass is 620 g/mol. The van der Waals surface area contributed by atoms with E-state index in [4.69, 9.17) is 15.8 Å². The molecule has 32 heavy (non-hydrogen) atoms. The fourth-order valence-electron chi connectivity index (χ4n) is 1.22. The van der Waals surface area contributed by atoms with Crippen LogP contribution in [-0.4, -0.2) is 28.3 Å². The third kappa shape index (κ3) is 25.5. The summed E-state index contributed by atoms with van der Waals surface area (Å²) in [6.45, 7) is 7.17. The van der Waals surface area contributed by atoms with Crippen molar-refractivity contribution in [1.29, 1.82) is 15.8 Å². The van der Waals surface area contributed by atoms with Crippen molar-refractivity contribution in [2.75, 3.05) is 0 Å². The average Bonchev–Trinajstić information content (AvgIpc) is 2.47. The van der Waals surface area contributed by atoms with Crippen molar-refractivity contribution >= 4 is 17.3 Å². The number of carbonyl (C=O) groups excluding carboxylic acids is 3. The van der Waals surface area contributed by atoms with E-state index in [0.29, 0.717) is 0 Å². The van der Waals surface area contributed by atoms with Gasteiger partial charge >= 0.3 is 46.9 Å². The van der Waals surface area contributed by atoms with Gasteiger partial charge in [-0.1, -0.05) is 20.8 Å². The third-order valence-electron chi connectivity index (χ3n) is 2.45. The largest absolute Gasteiger partial charge is 3.00 e. The normalized spacial score (nSPS) is 9.84. The molecule has 0 saturated heterocycles. The minimum atomic E-state index is -0.468. The summed E-state index contributed by atoms with van der Waals surface area (Å²) in [6, 6.07) is 4.56. The minimum Gasteiger partial charge on any atom is -0.875 e. The number of nitriles is 3. The number of allylic oxidation sites excluding steroid dienone is 6. The number of hydrogen-bond donors (Lipinski definition) is 0. The van der Waals surface area contributed by atoms with Crippen molar-refractivity contribution in [3.8, 4) is 18.2 Å². The molecule has 0 aliphatic carbocycles.